The van der Waals surface area contributed by atoms with Crippen LogP contribution in [0.15, 0.2) is 29.6 Å². The first-order valence-corrected chi connectivity index (χ1v) is 6.82. The van der Waals surface area contributed by atoms with E-state index in [0.717, 1.165) is 23.6 Å². The van der Waals surface area contributed by atoms with E-state index in [0.29, 0.717) is 19.6 Å². The number of nitrogens with zero attached hydrogens (tertiary/aromatic N) is 3. The molecule has 0 unspecified atom stereocenters. The molecular weight excluding hydrogens is 260 g/mol. The molecular formula is C13H14N4OS. The van der Waals surface area contributed by atoms with E-state index in [1.165, 1.54) is 11.5 Å². The van der Waals surface area contributed by atoms with Crippen molar-refractivity contribution < 1.29 is 4.74 Å². The fourth-order valence-electron chi connectivity index (χ4n) is 1.49. The van der Waals surface area contributed by atoms with E-state index in [4.69, 9.17) is 10.00 Å². The van der Waals surface area contributed by atoms with Crippen molar-refractivity contribution in [1.82, 2.24) is 9.59 Å². The van der Waals surface area contributed by atoms with Gasteiger partial charge in [-0.3, -0.25) is 0 Å². The number of anilines is 1. The molecule has 0 saturated carbocycles. The number of nitriles is 1. The largest absolute Gasteiger partial charge is 0.493 e. The van der Waals surface area contributed by atoms with E-state index in [2.05, 4.69) is 21.0 Å². The number of ether oxygens (including phenoxy) is 1. The summed E-state index contributed by atoms with van der Waals surface area (Å²) in [7, 11) is 0. The summed E-state index contributed by atoms with van der Waals surface area (Å²) < 4.78 is 9.38. The Morgan fingerprint density at radius 3 is 3.16 bits per heavy atom. The van der Waals surface area contributed by atoms with Crippen LogP contribution in [0.3, 0.4) is 0 Å². The minimum Gasteiger partial charge on any atom is -0.493 e. The third-order valence-corrected chi connectivity index (χ3v) is 2.97. The van der Waals surface area contributed by atoms with Gasteiger partial charge in [0.25, 0.3) is 0 Å². The molecule has 98 valence electrons. The van der Waals surface area contributed by atoms with Crippen LogP contribution in [0.4, 0.5) is 5.69 Å². The summed E-state index contributed by atoms with van der Waals surface area (Å²) in [6.07, 6.45) is 1.27. The Morgan fingerprint density at radius 2 is 2.37 bits per heavy atom. The van der Waals surface area contributed by atoms with Crippen molar-refractivity contribution in [2.45, 2.75) is 19.4 Å². The van der Waals surface area contributed by atoms with Crippen LogP contribution in [0.5, 0.6) is 5.75 Å². The zero-order valence-corrected chi connectivity index (χ0v) is 11.2. The molecule has 0 amide bonds. The summed E-state index contributed by atoms with van der Waals surface area (Å²) in [6, 6.07) is 9.84. The second-order valence-electron chi connectivity index (χ2n) is 3.89. The maximum Gasteiger partial charge on any atom is 0.121 e. The van der Waals surface area contributed by atoms with Crippen LogP contribution in [0.25, 0.3) is 0 Å². The van der Waals surface area contributed by atoms with Gasteiger partial charge in [-0.15, -0.1) is 5.10 Å². The number of benzene rings is 1. The van der Waals surface area contributed by atoms with Gasteiger partial charge in [0.2, 0.25) is 0 Å². The Morgan fingerprint density at radius 1 is 1.42 bits per heavy atom. The number of nitrogens with one attached hydrogen (secondary N) is 1. The molecule has 0 radical (unpaired) electrons. The highest BCUT2D eigenvalue weighted by Crippen LogP contribution is 2.18. The van der Waals surface area contributed by atoms with Crippen molar-refractivity contribution in [2.24, 2.45) is 0 Å². The Kier molecular flexibility index (Phi) is 5.14. The predicted molar refractivity (Wildman–Crippen MR) is 74.0 cm³/mol. The highest BCUT2D eigenvalue weighted by Gasteiger charge is 1.99. The van der Waals surface area contributed by atoms with Gasteiger partial charge in [0.15, 0.2) is 0 Å². The quantitative estimate of drug-likeness (QED) is 0.786. The Labute approximate surface area is 116 Å². The van der Waals surface area contributed by atoms with Gasteiger partial charge in [0.05, 0.1) is 24.9 Å². The third-order valence-electron chi connectivity index (χ3n) is 2.41. The van der Waals surface area contributed by atoms with Crippen molar-refractivity contribution >= 4 is 17.2 Å². The van der Waals surface area contributed by atoms with Crippen LogP contribution in [0.1, 0.15) is 18.5 Å². The van der Waals surface area contributed by atoms with E-state index in [1.807, 2.05) is 29.6 Å². The Bertz CT molecular complexity index is 536. The molecule has 1 aromatic heterocycles. The van der Waals surface area contributed by atoms with Gasteiger partial charge < -0.3 is 10.1 Å². The topological polar surface area (TPSA) is 70.8 Å². The molecule has 2 rings (SSSR count). The summed E-state index contributed by atoms with van der Waals surface area (Å²) in [5.74, 6) is 0.805. The summed E-state index contributed by atoms with van der Waals surface area (Å²) in [6.45, 7) is 1.21. The first-order chi connectivity index (χ1) is 9.38. The molecule has 0 aliphatic carbocycles. The summed E-state index contributed by atoms with van der Waals surface area (Å²) >= 11 is 1.34. The molecule has 2 aromatic rings. The maximum absolute atomic E-state index is 8.44. The molecule has 19 heavy (non-hydrogen) atoms. The normalized spacial score (nSPS) is 9.84. The second-order valence-corrected chi connectivity index (χ2v) is 4.50. The van der Waals surface area contributed by atoms with Crippen LogP contribution in [-0.4, -0.2) is 16.2 Å². The Balaban J connectivity index is 1.83. The summed E-state index contributed by atoms with van der Waals surface area (Å²) in [5.41, 5.74) is 1.90. The van der Waals surface area contributed by atoms with Crippen LogP contribution in [0, 0.1) is 11.3 Å². The summed E-state index contributed by atoms with van der Waals surface area (Å²) in [5, 5.41) is 17.6. The fourth-order valence-corrected chi connectivity index (χ4v) is 1.94. The van der Waals surface area contributed by atoms with Crippen molar-refractivity contribution in [3.63, 3.8) is 0 Å². The van der Waals surface area contributed by atoms with Gasteiger partial charge in [-0.2, -0.15) is 5.26 Å². The molecule has 0 atom stereocenters. The first-order valence-electron chi connectivity index (χ1n) is 5.98. The SMILES string of the molecule is N#CCCCOc1cccc(NCc2csnn2)c1. The highest BCUT2D eigenvalue weighted by atomic mass is 32.1. The van der Waals surface area contributed by atoms with E-state index in [-0.39, 0.29) is 0 Å². The zero-order valence-electron chi connectivity index (χ0n) is 10.4. The van der Waals surface area contributed by atoms with Crippen LogP contribution < -0.4 is 10.1 Å². The lowest BCUT2D eigenvalue weighted by Gasteiger charge is -2.08. The Hall–Kier alpha value is -2.13. The monoisotopic (exact) mass is 274 g/mol. The predicted octanol–water partition coefficient (Wildman–Crippen LogP) is 2.83. The van der Waals surface area contributed by atoms with Gasteiger partial charge in [-0.1, -0.05) is 10.6 Å². The van der Waals surface area contributed by atoms with Gasteiger partial charge >= 0.3 is 0 Å². The standard InChI is InChI=1S/C13H14N4OS/c14-6-1-2-7-18-13-5-3-4-11(8-13)15-9-12-10-19-17-16-12/h3-5,8,10,15H,1-2,7,9H2. The highest BCUT2D eigenvalue weighted by molar-refractivity contribution is 7.03. The number of hydrogen-bond donors (Lipinski definition) is 1. The van der Waals surface area contributed by atoms with Crippen LogP contribution in [0.2, 0.25) is 0 Å². The molecule has 0 spiro atoms. The molecule has 6 heteroatoms. The first kappa shape index (κ1) is 13.3. The summed E-state index contributed by atoms with van der Waals surface area (Å²) in [4.78, 5) is 0. The van der Waals surface area contributed by atoms with Crippen LogP contribution >= 0.6 is 11.5 Å². The smallest absolute Gasteiger partial charge is 0.121 e. The molecule has 0 aliphatic rings. The molecule has 0 bridgehead atoms. The van der Waals surface area contributed by atoms with Crippen molar-refractivity contribution in [2.75, 3.05) is 11.9 Å². The lowest BCUT2D eigenvalue weighted by atomic mass is 10.3. The molecule has 1 heterocycles. The average molecular weight is 274 g/mol. The minimum absolute atomic E-state index is 0.523. The minimum atomic E-state index is 0.523. The number of unbranched alkanes of at least 4 members (excludes halogenated alkanes) is 1. The number of hydrogen-bond acceptors (Lipinski definition) is 6. The second kappa shape index (κ2) is 7.34. The van der Waals surface area contributed by atoms with Gasteiger partial charge in [-0.05, 0) is 30.1 Å². The molecule has 1 N–H and O–H groups in total. The molecule has 5 nitrogen and oxygen atoms in total. The molecule has 1 aromatic carbocycles. The average Bonchev–Trinajstić information content (AvgIpc) is 2.95. The fraction of sp³-hybridized carbons (Fsp3) is 0.308. The molecule has 0 saturated heterocycles. The van der Waals surface area contributed by atoms with Crippen molar-refractivity contribution in [3.8, 4) is 11.8 Å². The lowest BCUT2D eigenvalue weighted by molar-refractivity contribution is 0.313. The lowest BCUT2D eigenvalue weighted by Crippen LogP contribution is -2.01. The van der Waals surface area contributed by atoms with Crippen molar-refractivity contribution in [1.29, 1.82) is 5.26 Å². The molecule has 0 aliphatic heterocycles. The number of aromatic nitrogens is 2. The number of rotatable bonds is 7. The van der Waals surface area contributed by atoms with E-state index >= 15 is 0 Å². The van der Waals surface area contributed by atoms with E-state index in [9.17, 15) is 0 Å². The van der Waals surface area contributed by atoms with Crippen molar-refractivity contribution in [3.05, 3.63) is 35.3 Å². The van der Waals surface area contributed by atoms with Gasteiger partial charge in [-0.25, -0.2) is 0 Å². The van der Waals surface area contributed by atoms with E-state index in [1.54, 1.807) is 0 Å². The maximum atomic E-state index is 8.44. The zero-order chi connectivity index (χ0) is 13.3. The van der Waals surface area contributed by atoms with Gasteiger partial charge in [0.1, 0.15) is 5.75 Å². The van der Waals surface area contributed by atoms with Gasteiger partial charge in [0, 0.05) is 23.6 Å². The van der Waals surface area contributed by atoms with Crippen LogP contribution in [-0.2, 0) is 6.54 Å². The molecule has 0 fully saturated rings. The van der Waals surface area contributed by atoms with E-state index < -0.39 is 0 Å². The third kappa shape index (κ3) is 4.56.